The predicted octanol–water partition coefficient (Wildman–Crippen LogP) is 3.11. The molecule has 2 aromatic carbocycles. The normalized spacial score (nSPS) is 14.7. The smallest absolute Gasteiger partial charge is 0.273 e. The van der Waals surface area contributed by atoms with Crippen molar-refractivity contribution < 1.29 is 9.72 Å². The van der Waals surface area contributed by atoms with E-state index < -0.39 is 4.92 Å². The lowest BCUT2D eigenvalue weighted by Crippen LogP contribution is -2.48. The van der Waals surface area contributed by atoms with E-state index in [1.54, 1.807) is 19.1 Å². The van der Waals surface area contributed by atoms with Crippen LogP contribution < -0.4 is 10.2 Å². The third kappa shape index (κ3) is 4.99. The molecule has 1 heterocycles. The maximum absolute atomic E-state index is 12.3. The van der Waals surface area contributed by atoms with E-state index in [0.717, 1.165) is 37.7 Å². The third-order valence-corrected chi connectivity index (χ3v) is 5.20. The van der Waals surface area contributed by atoms with Crippen LogP contribution in [-0.4, -0.2) is 55.0 Å². The number of nitrogens with zero attached hydrogens (tertiary/aromatic N) is 3. The summed E-state index contributed by atoms with van der Waals surface area (Å²) in [6, 6.07) is 12.4. The van der Waals surface area contributed by atoms with Crippen LogP contribution in [0.3, 0.4) is 0 Å². The maximum Gasteiger partial charge on any atom is 0.273 e. The zero-order valence-corrected chi connectivity index (χ0v) is 16.5. The number of nitro benzene ring substituents is 1. The van der Waals surface area contributed by atoms with Crippen molar-refractivity contribution in [2.75, 3.05) is 44.2 Å². The number of amides is 1. The van der Waals surface area contributed by atoms with Crippen molar-refractivity contribution in [2.45, 2.75) is 6.92 Å². The lowest BCUT2D eigenvalue weighted by Gasteiger charge is -2.36. The topological polar surface area (TPSA) is 78.7 Å². The number of hydrogen-bond acceptors (Lipinski definition) is 5. The number of carbonyl (C=O) groups is 1. The molecule has 28 heavy (non-hydrogen) atoms. The highest BCUT2D eigenvalue weighted by Gasteiger charge is 2.18. The summed E-state index contributed by atoms with van der Waals surface area (Å²) in [6.45, 7) is 6.56. The van der Waals surface area contributed by atoms with Crippen molar-refractivity contribution in [1.82, 2.24) is 10.2 Å². The molecule has 0 spiro atoms. The Morgan fingerprint density at radius 1 is 1.14 bits per heavy atom. The fraction of sp³-hybridized carbons (Fsp3) is 0.350. The minimum absolute atomic E-state index is 0.0361. The molecule has 0 unspecified atom stereocenters. The Balaban J connectivity index is 1.44. The highest BCUT2D eigenvalue weighted by molar-refractivity contribution is 6.30. The van der Waals surface area contributed by atoms with E-state index in [2.05, 4.69) is 15.1 Å². The molecule has 1 aliphatic heterocycles. The Bertz CT molecular complexity index is 849. The largest absolute Gasteiger partial charge is 0.369 e. The van der Waals surface area contributed by atoms with Crippen LogP contribution in [0.15, 0.2) is 42.5 Å². The van der Waals surface area contributed by atoms with E-state index in [4.69, 9.17) is 11.6 Å². The molecule has 8 heteroatoms. The third-order valence-electron chi connectivity index (χ3n) is 4.95. The molecule has 1 aliphatic rings. The Morgan fingerprint density at radius 2 is 1.82 bits per heavy atom. The molecular weight excluding hydrogens is 380 g/mol. The van der Waals surface area contributed by atoms with Crippen LogP contribution in [0.2, 0.25) is 5.02 Å². The summed E-state index contributed by atoms with van der Waals surface area (Å²) in [7, 11) is 0. The first-order valence-corrected chi connectivity index (χ1v) is 9.58. The molecule has 1 fully saturated rings. The van der Waals surface area contributed by atoms with E-state index in [1.165, 1.54) is 11.8 Å². The highest BCUT2D eigenvalue weighted by atomic mass is 35.5. The van der Waals surface area contributed by atoms with Gasteiger partial charge in [0.2, 0.25) is 0 Å². The van der Waals surface area contributed by atoms with E-state index in [9.17, 15) is 14.9 Å². The van der Waals surface area contributed by atoms with Gasteiger partial charge in [0.1, 0.15) is 0 Å². The van der Waals surface area contributed by atoms with Crippen LogP contribution in [0.25, 0.3) is 0 Å². The maximum atomic E-state index is 12.3. The molecule has 2 aromatic rings. The number of aryl methyl sites for hydroxylation is 1. The van der Waals surface area contributed by atoms with Gasteiger partial charge in [0.25, 0.3) is 11.6 Å². The van der Waals surface area contributed by atoms with Gasteiger partial charge in [0.15, 0.2) is 0 Å². The van der Waals surface area contributed by atoms with Crippen LogP contribution in [0.1, 0.15) is 15.9 Å². The van der Waals surface area contributed by atoms with Gasteiger partial charge in [-0.1, -0.05) is 17.7 Å². The minimum Gasteiger partial charge on any atom is -0.369 e. The molecule has 0 aromatic heterocycles. The molecule has 0 radical (unpaired) electrons. The molecule has 0 atom stereocenters. The van der Waals surface area contributed by atoms with E-state index in [0.29, 0.717) is 17.7 Å². The van der Waals surface area contributed by atoms with E-state index in [1.807, 2.05) is 24.3 Å². The lowest BCUT2D eigenvalue weighted by molar-refractivity contribution is -0.385. The Hall–Kier alpha value is -2.64. The molecule has 0 bridgehead atoms. The van der Waals surface area contributed by atoms with Gasteiger partial charge in [-0.25, -0.2) is 0 Å². The van der Waals surface area contributed by atoms with Gasteiger partial charge in [-0.05, 0) is 37.3 Å². The Kier molecular flexibility index (Phi) is 6.49. The number of anilines is 1. The lowest BCUT2D eigenvalue weighted by atomic mass is 10.1. The van der Waals surface area contributed by atoms with Crippen molar-refractivity contribution in [3.8, 4) is 0 Å². The zero-order valence-electron chi connectivity index (χ0n) is 15.7. The molecule has 1 N–H and O–H groups in total. The fourth-order valence-electron chi connectivity index (χ4n) is 3.26. The van der Waals surface area contributed by atoms with E-state index >= 15 is 0 Å². The summed E-state index contributed by atoms with van der Waals surface area (Å²) in [5.41, 5.74) is 1.98. The number of benzene rings is 2. The molecule has 1 amide bonds. The first-order chi connectivity index (χ1) is 13.4. The molecule has 0 aliphatic carbocycles. The van der Waals surface area contributed by atoms with E-state index in [-0.39, 0.29) is 11.6 Å². The van der Waals surface area contributed by atoms with Crippen LogP contribution in [0.5, 0.6) is 0 Å². The zero-order chi connectivity index (χ0) is 20.1. The summed E-state index contributed by atoms with van der Waals surface area (Å²) < 4.78 is 0. The van der Waals surface area contributed by atoms with Gasteiger partial charge in [0, 0.05) is 67.2 Å². The first kappa shape index (κ1) is 20.1. The SMILES string of the molecule is Cc1ccc(C(=O)NCCN2CCN(c3ccc(Cl)cc3)CC2)cc1[N+](=O)[O-]. The Labute approximate surface area is 169 Å². The molecular formula is C20H23ClN4O3. The highest BCUT2D eigenvalue weighted by Crippen LogP contribution is 2.20. The minimum atomic E-state index is -0.466. The number of rotatable bonds is 6. The van der Waals surface area contributed by atoms with Gasteiger partial charge in [-0.3, -0.25) is 19.8 Å². The molecule has 7 nitrogen and oxygen atoms in total. The number of carbonyl (C=O) groups excluding carboxylic acids is 1. The average Bonchev–Trinajstić information content (AvgIpc) is 2.69. The van der Waals surface area contributed by atoms with Crippen molar-refractivity contribution in [3.05, 3.63) is 68.7 Å². The second-order valence-electron chi connectivity index (χ2n) is 6.82. The average molecular weight is 403 g/mol. The molecule has 148 valence electrons. The standard InChI is InChI=1S/C20H23ClN4O3/c1-15-2-3-16(14-19(15)25(27)28)20(26)22-8-9-23-10-12-24(13-11-23)18-6-4-17(21)5-7-18/h2-7,14H,8-13H2,1H3,(H,22,26). The van der Waals surface area contributed by atoms with Crippen molar-refractivity contribution in [3.63, 3.8) is 0 Å². The van der Waals surface area contributed by atoms with Crippen molar-refractivity contribution >= 4 is 28.9 Å². The van der Waals surface area contributed by atoms with Crippen LogP contribution in [0, 0.1) is 17.0 Å². The number of hydrogen-bond donors (Lipinski definition) is 1. The monoisotopic (exact) mass is 402 g/mol. The van der Waals surface area contributed by atoms with Crippen LogP contribution >= 0.6 is 11.6 Å². The summed E-state index contributed by atoms with van der Waals surface area (Å²) in [4.78, 5) is 27.4. The van der Waals surface area contributed by atoms with Crippen molar-refractivity contribution in [2.24, 2.45) is 0 Å². The first-order valence-electron chi connectivity index (χ1n) is 9.20. The summed E-state index contributed by atoms with van der Waals surface area (Å²) >= 11 is 5.94. The van der Waals surface area contributed by atoms with Gasteiger partial charge in [-0.2, -0.15) is 0 Å². The summed E-state index contributed by atoms with van der Waals surface area (Å²) in [5.74, 6) is -0.289. The number of nitro groups is 1. The van der Waals surface area contributed by atoms with Crippen LogP contribution in [0.4, 0.5) is 11.4 Å². The fourth-order valence-corrected chi connectivity index (χ4v) is 3.38. The Morgan fingerprint density at radius 3 is 2.46 bits per heavy atom. The summed E-state index contributed by atoms with van der Waals surface area (Å²) in [6.07, 6.45) is 0. The predicted molar refractivity (Wildman–Crippen MR) is 110 cm³/mol. The van der Waals surface area contributed by atoms with Crippen LogP contribution in [-0.2, 0) is 0 Å². The second kappa shape index (κ2) is 9.03. The van der Waals surface area contributed by atoms with Crippen molar-refractivity contribution in [1.29, 1.82) is 0 Å². The second-order valence-corrected chi connectivity index (χ2v) is 7.26. The molecule has 0 saturated carbocycles. The van der Waals surface area contributed by atoms with Gasteiger partial charge in [-0.15, -0.1) is 0 Å². The molecule has 1 saturated heterocycles. The number of nitrogens with one attached hydrogen (secondary N) is 1. The van der Waals surface area contributed by atoms with Gasteiger partial charge in [0.05, 0.1) is 4.92 Å². The quantitative estimate of drug-likeness (QED) is 0.593. The number of piperazine rings is 1. The summed E-state index contributed by atoms with van der Waals surface area (Å²) in [5, 5.41) is 14.6. The molecule has 3 rings (SSSR count). The number of halogens is 1. The van der Waals surface area contributed by atoms with Gasteiger partial charge < -0.3 is 10.2 Å². The van der Waals surface area contributed by atoms with Gasteiger partial charge >= 0.3 is 0 Å².